The van der Waals surface area contributed by atoms with Crippen LogP contribution in [0.25, 0.3) is 0 Å². The molecule has 6 nitrogen and oxygen atoms in total. The number of hydrogen-bond donors (Lipinski definition) is 3. The van der Waals surface area contributed by atoms with Gasteiger partial charge in [0.05, 0.1) is 0 Å². The number of aromatic nitrogens is 3. The fourth-order valence-electron chi connectivity index (χ4n) is 2.53. The van der Waals surface area contributed by atoms with Crippen molar-refractivity contribution in [2.45, 2.75) is 33.1 Å². The lowest BCUT2D eigenvalue weighted by Gasteiger charge is -2.12. The summed E-state index contributed by atoms with van der Waals surface area (Å²) < 4.78 is 0. The highest BCUT2D eigenvalue weighted by molar-refractivity contribution is 5.79. The van der Waals surface area contributed by atoms with Crippen LogP contribution in [0.15, 0.2) is 48.9 Å². The standard InChI is InChI=1S/C20H24N6/c1-3-4-5-15-7-9-16(10-8-15)25-19-18(21)20(24-13-23-19)26-17-11-6-14(2)12-22-17/h6-13H,3-5,21H2,1-2H3,(H2,22,23,24,25,26). The summed E-state index contributed by atoms with van der Waals surface area (Å²) in [5.74, 6) is 1.78. The van der Waals surface area contributed by atoms with Gasteiger partial charge in [0.1, 0.15) is 17.8 Å². The Morgan fingerprint density at radius 3 is 2.31 bits per heavy atom. The van der Waals surface area contributed by atoms with E-state index in [9.17, 15) is 0 Å². The Hall–Kier alpha value is -3.15. The molecule has 0 unspecified atom stereocenters. The number of nitrogen functional groups attached to an aromatic ring is 1. The summed E-state index contributed by atoms with van der Waals surface area (Å²) in [6.07, 6.45) is 6.77. The summed E-state index contributed by atoms with van der Waals surface area (Å²) in [7, 11) is 0. The van der Waals surface area contributed by atoms with Crippen molar-refractivity contribution in [3.8, 4) is 0 Å². The molecule has 4 N–H and O–H groups in total. The van der Waals surface area contributed by atoms with Crippen molar-refractivity contribution < 1.29 is 0 Å². The summed E-state index contributed by atoms with van der Waals surface area (Å²) in [5, 5.41) is 6.38. The summed E-state index contributed by atoms with van der Waals surface area (Å²) in [6, 6.07) is 12.2. The summed E-state index contributed by atoms with van der Waals surface area (Å²) in [5.41, 5.74) is 10.0. The predicted molar refractivity (Wildman–Crippen MR) is 107 cm³/mol. The maximum absolute atomic E-state index is 6.23. The monoisotopic (exact) mass is 348 g/mol. The normalized spacial score (nSPS) is 10.5. The molecule has 3 rings (SSSR count). The zero-order valence-electron chi connectivity index (χ0n) is 15.2. The van der Waals surface area contributed by atoms with Crippen molar-refractivity contribution in [3.05, 3.63) is 60.0 Å². The first kappa shape index (κ1) is 17.7. The predicted octanol–water partition coefficient (Wildman–Crippen LogP) is 4.59. The topological polar surface area (TPSA) is 88.8 Å². The van der Waals surface area contributed by atoms with Gasteiger partial charge in [0.15, 0.2) is 11.6 Å². The van der Waals surface area contributed by atoms with E-state index in [2.05, 4.69) is 44.6 Å². The Kier molecular flexibility index (Phi) is 5.63. The highest BCUT2D eigenvalue weighted by Crippen LogP contribution is 2.27. The van der Waals surface area contributed by atoms with Crippen LogP contribution < -0.4 is 16.4 Å². The Labute approximate surface area is 153 Å². The van der Waals surface area contributed by atoms with Crippen LogP contribution in [0, 0.1) is 6.92 Å². The third kappa shape index (κ3) is 4.47. The van der Waals surface area contributed by atoms with Gasteiger partial charge in [0.25, 0.3) is 0 Å². The van der Waals surface area contributed by atoms with Crippen LogP contribution in [0.2, 0.25) is 0 Å². The second kappa shape index (κ2) is 8.29. The molecule has 0 aliphatic rings. The molecule has 2 heterocycles. The second-order valence-electron chi connectivity index (χ2n) is 6.26. The van der Waals surface area contributed by atoms with Crippen molar-refractivity contribution in [1.29, 1.82) is 0 Å². The molecular weight excluding hydrogens is 324 g/mol. The molecule has 0 spiro atoms. The van der Waals surface area contributed by atoms with Crippen molar-refractivity contribution in [1.82, 2.24) is 15.0 Å². The molecule has 0 aliphatic heterocycles. The molecule has 0 atom stereocenters. The maximum Gasteiger partial charge on any atom is 0.160 e. The molecule has 134 valence electrons. The van der Waals surface area contributed by atoms with Gasteiger partial charge >= 0.3 is 0 Å². The zero-order valence-corrected chi connectivity index (χ0v) is 15.2. The lowest BCUT2D eigenvalue weighted by atomic mass is 10.1. The van der Waals surface area contributed by atoms with Gasteiger partial charge in [-0.15, -0.1) is 0 Å². The van der Waals surface area contributed by atoms with E-state index < -0.39 is 0 Å². The number of nitrogens with one attached hydrogen (secondary N) is 2. The first-order valence-corrected chi connectivity index (χ1v) is 8.82. The number of unbranched alkanes of at least 4 members (excludes halogenated alkanes) is 1. The Morgan fingerprint density at radius 1 is 0.923 bits per heavy atom. The maximum atomic E-state index is 6.23. The average molecular weight is 348 g/mol. The summed E-state index contributed by atoms with van der Waals surface area (Å²) in [4.78, 5) is 12.8. The van der Waals surface area contributed by atoms with Gasteiger partial charge in [-0.05, 0) is 49.1 Å². The minimum Gasteiger partial charge on any atom is -0.393 e. The number of aryl methyl sites for hydroxylation is 2. The Balaban J connectivity index is 1.73. The number of anilines is 5. The van der Waals surface area contributed by atoms with E-state index in [-0.39, 0.29) is 0 Å². The summed E-state index contributed by atoms with van der Waals surface area (Å²) in [6.45, 7) is 4.19. The van der Waals surface area contributed by atoms with Gasteiger partial charge in [-0.2, -0.15) is 0 Å². The van der Waals surface area contributed by atoms with Gasteiger partial charge in [-0.25, -0.2) is 15.0 Å². The van der Waals surface area contributed by atoms with Crippen molar-refractivity contribution in [3.63, 3.8) is 0 Å². The van der Waals surface area contributed by atoms with Crippen LogP contribution in [0.3, 0.4) is 0 Å². The van der Waals surface area contributed by atoms with Crippen LogP contribution in [0.1, 0.15) is 30.9 Å². The third-order valence-electron chi connectivity index (χ3n) is 4.08. The first-order valence-electron chi connectivity index (χ1n) is 8.82. The van der Waals surface area contributed by atoms with E-state index in [4.69, 9.17) is 5.73 Å². The number of rotatable bonds is 7. The molecule has 0 saturated heterocycles. The fraction of sp³-hybridized carbons (Fsp3) is 0.250. The fourth-order valence-corrected chi connectivity index (χ4v) is 2.53. The SMILES string of the molecule is CCCCc1ccc(Nc2ncnc(Nc3ccc(C)cn3)c2N)cc1. The molecule has 0 saturated carbocycles. The average Bonchev–Trinajstić information content (AvgIpc) is 2.66. The second-order valence-corrected chi connectivity index (χ2v) is 6.26. The molecule has 2 aromatic heterocycles. The van der Waals surface area contributed by atoms with Gasteiger partial charge in [-0.1, -0.05) is 31.5 Å². The van der Waals surface area contributed by atoms with Crippen LogP contribution in [-0.2, 0) is 6.42 Å². The smallest absolute Gasteiger partial charge is 0.160 e. The van der Waals surface area contributed by atoms with Gasteiger partial charge in [0, 0.05) is 11.9 Å². The molecule has 6 heteroatoms. The van der Waals surface area contributed by atoms with E-state index in [0.29, 0.717) is 23.1 Å². The minimum absolute atomic E-state index is 0.449. The van der Waals surface area contributed by atoms with E-state index in [1.807, 2.05) is 31.2 Å². The number of benzene rings is 1. The van der Waals surface area contributed by atoms with Gasteiger partial charge < -0.3 is 16.4 Å². The molecule has 0 aliphatic carbocycles. The van der Waals surface area contributed by atoms with Gasteiger partial charge in [-0.3, -0.25) is 0 Å². The summed E-state index contributed by atoms with van der Waals surface area (Å²) >= 11 is 0. The van der Waals surface area contributed by atoms with E-state index in [1.165, 1.54) is 24.7 Å². The van der Waals surface area contributed by atoms with Crippen LogP contribution in [0.4, 0.5) is 28.8 Å². The highest BCUT2D eigenvalue weighted by atomic mass is 15.1. The lowest BCUT2D eigenvalue weighted by Crippen LogP contribution is -2.05. The van der Waals surface area contributed by atoms with E-state index >= 15 is 0 Å². The van der Waals surface area contributed by atoms with E-state index in [0.717, 1.165) is 17.7 Å². The van der Waals surface area contributed by atoms with Crippen LogP contribution in [-0.4, -0.2) is 15.0 Å². The molecule has 26 heavy (non-hydrogen) atoms. The number of hydrogen-bond acceptors (Lipinski definition) is 6. The largest absolute Gasteiger partial charge is 0.393 e. The third-order valence-corrected chi connectivity index (χ3v) is 4.08. The van der Waals surface area contributed by atoms with Crippen LogP contribution >= 0.6 is 0 Å². The molecule has 0 bridgehead atoms. The highest BCUT2D eigenvalue weighted by Gasteiger charge is 2.09. The molecule has 1 aromatic carbocycles. The molecule has 0 amide bonds. The van der Waals surface area contributed by atoms with E-state index in [1.54, 1.807) is 6.20 Å². The molecule has 3 aromatic rings. The van der Waals surface area contributed by atoms with Crippen LogP contribution in [0.5, 0.6) is 0 Å². The zero-order chi connectivity index (χ0) is 18.4. The van der Waals surface area contributed by atoms with Crippen molar-refractivity contribution >= 4 is 28.8 Å². The van der Waals surface area contributed by atoms with Crippen molar-refractivity contribution in [2.24, 2.45) is 0 Å². The molecule has 0 fully saturated rings. The van der Waals surface area contributed by atoms with Gasteiger partial charge in [0.2, 0.25) is 0 Å². The first-order chi connectivity index (χ1) is 12.7. The Bertz CT molecular complexity index is 843. The number of nitrogens with two attached hydrogens (primary N) is 1. The lowest BCUT2D eigenvalue weighted by molar-refractivity contribution is 0.795. The molecular formula is C20H24N6. The van der Waals surface area contributed by atoms with Crippen molar-refractivity contribution in [2.75, 3.05) is 16.4 Å². The quantitative estimate of drug-likeness (QED) is 0.578. The number of pyridine rings is 1. The number of nitrogens with zero attached hydrogens (tertiary/aromatic N) is 3. The molecule has 0 radical (unpaired) electrons. The minimum atomic E-state index is 0.449. The Morgan fingerprint density at radius 2 is 1.65 bits per heavy atom.